The van der Waals surface area contributed by atoms with Crippen molar-refractivity contribution < 1.29 is 14.6 Å². The number of aliphatic hydroxyl groups excluding tert-OH is 1. The maximum absolute atomic E-state index is 9.57. The lowest BCUT2D eigenvalue weighted by Gasteiger charge is -2.43. The molecule has 0 saturated carbocycles. The fourth-order valence-electron chi connectivity index (χ4n) is 5.42. The topological polar surface area (TPSA) is 64.7 Å². The molecule has 0 amide bonds. The van der Waals surface area contributed by atoms with Gasteiger partial charge in [-0.3, -0.25) is 0 Å². The molecule has 0 aliphatic rings. The normalized spacial score (nSPS) is 14.9. The molecular weight excluding hydrogens is 482 g/mol. The fourth-order valence-corrected chi connectivity index (χ4v) is 5.42. The number of aliphatic hydroxyl groups is 1. The molecule has 0 aliphatic heterocycles. The maximum atomic E-state index is 9.57. The Labute approximate surface area is 246 Å². The molecule has 236 valence electrons. The summed E-state index contributed by atoms with van der Waals surface area (Å²) < 4.78 is 12.5. The van der Waals surface area contributed by atoms with Gasteiger partial charge in [0, 0.05) is 25.4 Å². The highest BCUT2D eigenvalue weighted by molar-refractivity contribution is 4.99. The SMILES string of the molecule is CCCCCCCCCCCCCCOCC(C)(OCCCCCCCCCCCCCC)C(C)(N)CCO. The Morgan fingerprint density at radius 2 is 0.846 bits per heavy atom. The zero-order chi connectivity index (χ0) is 28.9. The van der Waals surface area contributed by atoms with Crippen molar-refractivity contribution in [2.24, 2.45) is 5.73 Å². The van der Waals surface area contributed by atoms with Crippen LogP contribution in [0.2, 0.25) is 0 Å². The second-order valence-electron chi connectivity index (χ2n) is 12.8. The maximum Gasteiger partial charge on any atom is 0.106 e. The monoisotopic (exact) mass is 556 g/mol. The van der Waals surface area contributed by atoms with E-state index in [-0.39, 0.29) is 6.61 Å². The minimum Gasteiger partial charge on any atom is -0.396 e. The highest BCUT2D eigenvalue weighted by atomic mass is 16.5. The Morgan fingerprint density at radius 1 is 0.513 bits per heavy atom. The molecule has 0 bridgehead atoms. The Morgan fingerprint density at radius 3 is 1.21 bits per heavy atom. The molecule has 2 unspecified atom stereocenters. The molecule has 0 radical (unpaired) electrons. The van der Waals surface area contributed by atoms with Crippen LogP contribution in [0.4, 0.5) is 0 Å². The van der Waals surface area contributed by atoms with Crippen LogP contribution in [-0.4, -0.2) is 42.7 Å². The van der Waals surface area contributed by atoms with Crippen LogP contribution in [0.3, 0.4) is 0 Å². The van der Waals surface area contributed by atoms with E-state index in [1.807, 2.05) is 6.92 Å². The highest BCUT2D eigenvalue weighted by Gasteiger charge is 2.42. The summed E-state index contributed by atoms with van der Waals surface area (Å²) in [4.78, 5) is 0. The van der Waals surface area contributed by atoms with E-state index in [2.05, 4.69) is 20.8 Å². The molecule has 0 aromatic rings. The molecule has 0 aromatic heterocycles. The van der Waals surface area contributed by atoms with Crippen molar-refractivity contribution in [1.29, 1.82) is 0 Å². The molecule has 4 heteroatoms. The molecule has 4 nitrogen and oxygen atoms in total. The van der Waals surface area contributed by atoms with Gasteiger partial charge in [0.15, 0.2) is 0 Å². The first-order chi connectivity index (χ1) is 18.9. The van der Waals surface area contributed by atoms with Crippen molar-refractivity contribution in [1.82, 2.24) is 0 Å². The number of hydrogen-bond acceptors (Lipinski definition) is 4. The third kappa shape index (κ3) is 23.1. The van der Waals surface area contributed by atoms with Crippen LogP contribution in [0.5, 0.6) is 0 Å². The lowest BCUT2D eigenvalue weighted by Crippen LogP contribution is -2.61. The van der Waals surface area contributed by atoms with Crippen molar-refractivity contribution in [3.05, 3.63) is 0 Å². The van der Waals surface area contributed by atoms with Crippen LogP contribution in [0.15, 0.2) is 0 Å². The molecule has 0 saturated heterocycles. The van der Waals surface area contributed by atoms with Crippen molar-refractivity contribution in [2.45, 2.75) is 199 Å². The van der Waals surface area contributed by atoms with E-state index in [1.165, 1.54) is 141 Å². The smallest absolute Gasteiger partial charge is 0.106 e. The minimum atomic E-state index is -0.616. The van der Waals surface area contributed by atoms with Crippen molar-refractivity contribution in [3.63, 3.8) is 0 Å². The van der Waals surface area contributed by atoms with Crippen LogP contribution >= 0.6 is 0 Å². The predicted octanol–water partition coefficient (Wildman–Crippen LogP) is 10.3. The molecule has 0 fully saturated rings. The summed E-state index contributed by atoms with van der Waals surface area (Å²) in [5.74, 6) is 0. The summed E-state index contributed by atoms with van der Waals surface area (Å²) in [7, 11) is 0. The van der Waals surface area contributed by atoms with E-state index in [4.69, 9.17) is 15.2 Å². The Kier molecular flexibility index (Phi) is 27.9. The van der Waals surface area contributed by atoms with E-state index in [1.54, 1.807) is 0 Å². The molecule has 0 spiro atoms. The summed E-state index contributed by atoms with van der Waals surface area (Å²) >= 11 is 0. The van der Waals surface area contributed by atoms with E-state index in [9.17, 15) is 5.11 Å². The van der Waals surface area contributed by atoms with Gasteiger partial charge >= 0.3 is 0 Å². The molecular formula is C35H73NO3. The van der Waals surface area contributed by atoms with Crippen LogP contribution in [-0.2, 0) is 9.47 Å². The number of unbranched alkanes of at least 4 members (excludes halogenated alkanes) is 22. The first-order valence-electron chi connectivity index (χ1n) is 17.5. The lowest BCUT2D eigenvalue weighted by atomic mass is 9.81. The Bertz CT molecular complexity index is 485. The lowest BCUT2D eigenvalue weighted by molar-refractivity contribution is -0.130. The second-order valence-corrected chi connectivity index (χ2v) is 12.8. The molecule has 0 aliphatic carbocycles. The average Bonchev–Trinajstić information content (AvgIpc) is 2.91. The van der Waals surface area contributed by atoms with Crippen LogP contribution in [0.1, 0.15) is 188 Å². The van der Waals surface area contributed by atoms with Gasteiger partial charge < -0.3 is 20.3 Å². The molecule has 2 atom stereocenters. The molecule has 0 heterocycles. The third-order valence-corrected chi connectivity index (χ3v) is 8.78. The largest absolute Gasteiger partial charge is 0.396 e. The molecule has 39 heavy (non-hydrogen) atoms. The number of hydrogen-bond donors (Lipinski definition) is 2. The van der Waals surface area contributed by atoms with Crippen molar-refractivity contribution in [2.75, 3.05) is 26.4 Å². The zero-order valence-corrected chi connectivity index (χ0v) is 27.3. The van der Waals surface area contributed by atoms with Gasteiger partial charge in [-0.05, 0) is 33.1 Å². The van der Waals surface area contributed by atoms with Crippen LogP contribution in [0.25, 0.3) is 0 Å². The minimum absolute atomic E-state index is 0.0727. The van der Waals surface area contributed by atoms with Gasteiger partial charge in [-0.15, -0.1) is 0 Å². The summed E-state index contributed by atoms with van der Waals surface area (Å²) in [6.07, 6.45) is 32.8. The Balaban J connectivity index is 3.93. The van der Waals surface area contributed by atoms with E-state index >= 15 is 0 Å². The van der Waals surface area contributed by atoms with E-state index in [0.717, 1.165) is 19.4 Å². The third-order valence-electron chi connectivity index (χ3n) is 8.78. The summed E-state index contributed by atoms with van der Waals surface area (Å²) in [5.41, 5.74) is 5.45. The molecule has 3 N–H and O–H groups in total. The first-order valence-corrected chi connectivity index (χ1v) is 17.5. The first kappa shape index (κ1) is 38.8. The zero-order valence-electron chi connectivity index (χ0n) is 27.3. The summed E-state index contributed by atoms with van der Waals surface area (Å²) in [5, 5.41) is 9.57. The predicted molar refractivity (Wildman–Crippen MR) is 172 cm³/mol. The van der Waals surface area contributed by atoms with Gasteiger partial charge in [0.05, 0.1) is 6.61 Å². The van der Waals surface area contributed by atoms with Gasteiger partial charge in [-0.2, -0.15) is 0 Å². The highest BCUT2D eigenvalue weighted by Crippen LogP contribution is 2.28. The fraction of sp³-hybridized carbons (Fsp3) is 1.00. The quantitative estimate of drug-likeness (QED) is 0.0810. The molecule has 0 rings (SSSR count). The van der Waals surface area contributed by atoms with Gasteiger partial charge in [-0.25, -0.2) is 0 Å². The molecule has 0 aromatic carbocycles. The van der Waals surface area contributed by atoms with Gasteiger partial charge in [0.2, 0.25) is 0 Å². The average molecular weight is 556 g/mol. The van der Waals surface area contributed by atoms with Crippen LogP contribution in [0, 0.1) is 0 Å². The van der Waals surface area contributed by atoms with Gasteiger partial charge in [-0.1, -0.05) is 155 Å². The number of rotatable bonds is 32. The van der Waals surface area contributed by atoms with E-state index in [0.29, 0.717) is 19.6 Å². The van der Waals surface area contributed by atoms with E-state index < -0.39 is 11.1 Å². The summed E-state index contributed by atoms with van der Waals surface area (Å²) in [6.45, 7) is 10.7. The van der Waals surface area contributed by atoms with Crippen molar-refractivity contribution >= 4 is 0 Å². The van der Waals surface area contributed by atoms with Crippen LogP contribution < -0.4 is 5.73 Å². The van der Waals surface area contributed by atoms with Gasteiger partial charge in [0.1, 0.15) is 5.60 Å². The Hall–Kier alpha value is -0.160. The summed E-state index contributed by atoms with van der Waals surface area (Å²) in [6, 6.07) is 0. The second kappa shape index (κ2) is 28.0. The number of nitrogens with two attached hydrogens (primary N) is 1. The standard InChI is InChI=1S/C35H73NO3/c1-5-7-9-11-13-15-17-19-21-23-25-27-31-38-33-35(4,34(3,36)29-30-37)39-32-28-26-24-22-20-18-16-14-12-10-8-6-2/h37H,5-33,36H2,1-4H3. The number of ether oxygens (including phenoxy) is 2. The van der Waals surface area contributed by atoms with Crippen molar-refractivity contribution in [3.8, 4) is 0 Å². The van der Waals surface area contributed by atoms with Gasteiger partial charge in [0.25, 0.3) is 0 Å².